The molecule has 0 aliphatic carbocycles. The van der Waals surface area contributed by atoms with Gasteiger partial charge in [-0.25, -0.2) is 12.8 Å². The zero-order valence-electron chi connectivity index (χ0n) is 17.5. The molecular formula is C22H18BrFN4O5S. The van der Waals surface area contributed by atoms with Gasteiger partial charge in [0.1, 0.15) is 23.9 Å². The van der Waals surface area contributed by atoms with Gasteiger partial charge in [0, 0.05) is 30.1 Å². The summed E-state index contributed by atoms with van der Waals surface area (Å²) in [6.07, 6.45) is 1.90. The molecule has 1 unspecified atom stereocenters. The zero-order valence-corrected chi connectivity index (χ0v) is 19.9. The molecule has 2 aromatic heterocycles. The van der Waals surface area contributed by atoms with Crippen molar-refractivity contribution >= 4 is 42.7 Å². The molecule has 1 fully saturated rings. The van der Waals surface area contributed by atoms with Crippen LogP contribution < -0.4 is 20.3 Å². The Hall–Kier alpha value is -3.22. The molecule has 0 saturated carbocycles. The third-order valence-electron chi connectivity index (χ3n) is 5.40. The van der Waals surface area contributed by atoms with Crippen molar-refractivity contribution in [1.82, 2.24) is 15.0 Å². The van der Waals surface area contributed by atoms with Crippen LogP contribution in [0.4, 0.5) is 10.2 Å². The highest BCUT2D eigenvalue weighted by molar-refractivity contribution is 9.10. The summed E-state index contributed by atoms with van der Waals surface area (Å²) in [5, 5.41) is 7.21. The molecule has 3 heterocycles. The lowest BCUT2D eigenvalue weighted by molar-refractivity contribution is 0.222. The van der Waals surface area contributed by atoms with Crippen LogP contribution in [0.3, 0.4) is 0 Å². The molecule has 12 heteroatoms. The number of halogens is 2. The average molecular weight is 549 g/mol. The third-order valence-corrected chi connectivity index (χ3v) is 7.36. The number of hydrogen-bond acceptors (Lipinski definition) is 7. The summed E-state index contributed by atoms with van der Waals surface area (Å²) in [5.74, 6) is -0.189. The summed E-state index contributed by atoms with van der Waals surface area (Å²) < 4.78 is 54.7. The Bertz CT molecular complexity index is 1530. The van der Waals surface area contributed by atoms with Crippen LogP contribution in [0.1, 0.15) is 6.42 Å². The summed E-state index contributed by atoms with van der Waals surface area (Å²) in [4.78, 5) is 12.9. The molecule has 1 aliphatic heterocycles. The molecule has 0 amide bonds. The molecule has 1 atom stereocenters. The van der Waals surface area contributed by atoms with Crippen LogP contribution in [0.25, 0.3) is 16.6 Å². The molecule has 2 aromatic carbocycles. The highest BCUT2D eigenvalue weighted by Crippen LogP contribution is 2.32. The van der Waals surface area contributed by atoms with E-state index >= 15 is 0 Å². The summed E-state index contributed by atoms with van der Waals surface area (Å²) in [6, 6.07) is 11.2. The molecule has 176 valence electrons. The lowest BCUT2D eigenvalue weighted by Crippen LogP contribution is -2.23. The Morgan fingerprint density at radius 1 is 1.21 bits per heavy atom. The lowest BCUT2D eigenvalue weighted by Gasteiger charge is -2.19. The first-order valence-corrected chi connectivity index (χ1v) is 12.6. The first-order valence-electron chi connectivity index (χ1n) is 10.3. The quantitative estimate of drug-likeness (QED) is 0.379. The number of aromatic nitrogens is 2. The van der Waals surface area contributed by atoms with Gasteiger partial charge in [-0.05, 0) is 59.2 Å². The van der Waals surface area contributed by atoms with Gasteiger partial charge in [0.2, 0.25) is 0 Å². The van der Waals surface area contributed by atoms with Gasteiger partial charge in [-0.15, -0.1) is 0 Å². The van der Waals surface area contributed by atoms with Gasteiger partial charge in [-0.2, -0.15) is 0 Å². The van der Waals surface area contributed by atoms with Crippen LogP contribution in [0.5, 0.6) is 5.75 Å². The lowest BCUT2D eigenvalue weighted by atomic mass is 10.2. The summed E-state index contributed by atoms with van der Waals surface area (Å²) in [6.45, 7) is 1.44. The van der Waals surface area contributed by atoms with Crippen LogP contribution in [-0.4, -0.2) is 37.3 Å². The SMILES string of the molecule is O=c1ccc2cc(S(=O)(=O)Nc3ccon3)ccc2n1-c1cc(F)c(Br)cc1OC1CCNC1. The number of pyridine rings is 1. The normalized spacial score (nSPS) is 16.1. The predicted octanol–water partition coefficient (Wildman–Crippen LogP) is 3.42. The highest BCUT2D eigenvalue weighted by atomic mass is 79.9. The van der Waals surface area contributed by atoms with Crippen molar-refractivity contribution in [3.8, 4) is 11.4 Å². The Morgan fingerprint density at radius 2 is 2.06 bits per heavy atom. The first-order chi connectivity index (χ1) is 16.3. The maximum Gasteiger partial charge on any atom is 0.263 e. The van der Waals surface area contributed by atoms with E-state index in [0.717, 1.165) is 13.0 Å². The maximum atomic E-state index is 14.6. The number of rotatable bonds is 6. The van der Waals surface area contributed by atoms with Crippen molar-refractivity contribution in [3.05, 3.63) is 75.4 Å². The molecule has 0 spiro atoms. The predicted molar refractivity (Wildman–Crippen MR) is 126 cm³/mol. The minimum absolute atomic E-state index is 0.0383. The van der Waals surface area contributed by atoms with Crippen molar-refractivity contribution in [3.63, 3.8) is 0 Å². The number of hydrogen-bond donors (Lipinski definition) is 2. The molecular weight excluding hydrogens is 531 g/mol. The van der Waals surface area contributed by atoms with E-state index < -0.39 is 21.4 Å². The van der Waals surface area contributed by atoms with E-state index in [1.807, 2.05) is 0 Å². The van der Waals surface area contributed by atoms with Gasteiger partial charge in [0.25, 0.3) is 15.6 Å². The molecule has 2 N–H and O–H groups in total. The van der Waals surface area contributed by atoms with E-state index in [1.54, 1.807) is 0 Å². The molecule has 0 radical (unpaired) electrons. The van der Waals surface area contributed by atoms with Gasteiger partial charge in [0.05, 0.1) is 20.6 Å². The Kier molecular flexibility index (Phi) is 5.88. The minimum Gasteiger partial charge on any atom is -0.487 e. The summed E-state index contributed by atoms with van der Waals surface area (Å²) >= 11 is 3.18. The van der Waals surface area contributed by atoms with Crippen molar-refractivity contribution in [1.29, 1.82) is 0 Å². The van der Waals surface area contributed by atoms with Gasteiger partial charge in [0.15, 0.2) is 5.82 Å². The van der Waals surface area contributed by atoms with E-state index in [0.29, 0.717) is 23.2 Å². The molecule has 0 bridgehead atoms. The number of fused-ring (bicyclic) bond motifs is 1. The van der Waals surface area contributed by atoms with E-state index in [2.05, 4.69) is 35.6 Å². The van der Waals surface area contributed by atoms with Gasteiger partial charge >= 0.3 is 0 Å². The number of ether oxygens (including phenoxy) is 1. The number of anilines is 1. The molecule has 1 saturated heterocycles. The van der Waals surface area contributed by atoms with Crippen molar-refractivity contribution in [2.24, 2.45) is 0 Å². The second-order valence-electron chi connectivity index (χ2n) is 7.68. The summed E-state index contributed by atoms with van der Waals surface area (Å²) in [5.41, 5.74) is 0.198. The zero-order chi connectivity index (χ0) is 23.9. The fourth-order valence-corrected chi connectivity index (χ4v) is 5.15. The molecule has 34 heavy (non-hydrogen) atoms. The molecule has 4 aromatic rings. The highest BCUT2D eigenvalue weighted by Gasteiger charge is 2.22. The average Bonchev–Trinajstić information content (AvgIpc) is 3.50. The smallest absolute Gasteiger partial charge is 0.263 e. The van der Waals surface area contributed by atoms with E-state index in [-0.39, 0.29) is 27.0 Å². The largest absolute Gasteiger partial charge is 0.487 e. The standard InChI is InChI=1S/C22H18BrFN4O5S/c23-16-10-20(33-14-5-7-25-12-14)19(11-17(16)24)28-18-3-2-15(9-13(18)1-4-22(28)29)34(30,31)27-21-6-8-32-26-21/h1-4,6,8-11,14,25H,5,7,12H2,(H,26,27). The first kappa shape index (κ1) is 22.6. The monoisotopic (exact) mass is 548 g/mol. The van der Waals surface area contributed by atoms with Gasteiger partial charge < -0.3 is 14.6 Å². The fraction of sp³-hybridized carbons (Fsp3) is 0.182. The second-order valence-corrected chi connectivity index (χ2v) is 10.2. The van der Waals surface area contributed by atoms with Gasteiger partial charge in [-0.1, -0.05) is 5.16 Å². The fourth-order valence-electron chi connectivity index (χ4n) is 3.80. The summed E-state index contributed by atoms with van der Waals surface area (Å²) in [7, 11) is -3.96. The number of nitrogens with zero attached hydrogens (tertiary/aromatic N) is 2. The molecule has 5 rings (SSSR count). The van der Waals surface area contributed by atoms with E-state index in [9.17, 15) is 17.6 Å². The maximum absolute atomic E-state index is 14.6. The Morgan fingerprint density at radius 3 is 2.79 bits per heavy atom. The minimum atomic E-state index is -3.96. The topological polar surface area (TPSA) is 115 Å². The van der Waals surface area contributed by atoms with Crippen LogP contribution in [0, 0.1) is 5.82 Å². The van der Waals surface area contributed by atoms with Gasteiger partial charge in [-0.3, -0.25) is 14.1 Å². The van der Waals surface area contributed by atoms with Crippen LogP contribution in [0.2, 0.25) is 0 Å². The van der Waals surface area contributed by atoms with Crippen LogP contribution in [0.15, 0.2) is 73.5 Å². The number of benzene rings is 2. The van der Waals surface area contributed by atoms with Crippen molar-refractivity contribution in [2.75, 3.05) is 17.8 Å². The Balaban J connectivity index is 1.63. The third kappa shape index (κ3) is 4.31. The van der Waals surface area contributed by atoms with E-state index in [1.165, 1.54) is 59.4 Å². The van der Waals surface area contributed by atoms with Crippen molar-refractivity contribution < 1.29 is 22.1 Å². The number of sulfonamides is 1. The Labute approximate surface area is 201 Å². The van der Waals surface area contributed by atoms with Crippen LogP contribution in [-0.2, 0) is 10.0 Å². The molecule has 1 aliphatic rings. The molecule has 9 nitrogen and oxygen atoms in total. The van der Waals surface area contributed by atoms with Crippen LogP contribution >= 0.6 is 15.9 Å². The second kappa shape index (κ2) is 8.85. The van der Waals surface area contributed by atoms with E-state index in [4.69, 9.17) is 4.74 Å². The van der Waals surface area contributed by atoms with Crippen molar-refractivity contribution in [2.45, 2.75) is 17.4 Å². The number of nitrogens with one attached hydrogen (secondary N) is 2.